The lowest BCUT2D eigenvalue weighted by Gasteiger charge is -2.15. The zero-order valence-corrected chi connectivity index (χ0v) is 19.1. The zero-order chi connectivity index (χ0) is 22.0. The van der Waals surface area contributed by atoms with Crippen LogP contribution in [-0.4, -0.2) is 11.8 Å². The third kappa shape index (κ3) is 4.74. The lowest BCUT2D eigenvalue weighted by molar-refractivity contribution is 0.0991. The van der Waals surface area contributed by atoms with Crippen LogP contribution in [0.5, 0.6) is 0 Å². The van der Waals surface area contributed by atoms with Crippen molar-refractivity contribution in [2.75, 3.05) is 10.6 Å². The number of hydrogen-bond donors (Lipinski definition) is 2. The predicted octanol–water partition coefficient (Wildman–Crippen LogP) is 7.41. The van der Waals surface area contributed by atoms with Gasteiger partial charge in [-0.05, 0) is 65.4 Å². The van der Waals surface area contributed by atoms with Crippen LogP contribution in [0.3, 0.4) is 0 Å². The number of halogens is 3. The van der Waals surface area contributed by atoms with Crippen molar-refractivity contribution >= 4 is 73.1 Å². The maximum atomic E-state index is 13.3. The maximum absolute atomic E-state index is 13.3. The highest BCUT2D eigenvalue weighted by Crippen LogP contribution is 2.31. The van der Waals surface area contributed by atoms with E-state index in [0.29, 0.717) is 31.3 Å². The maximum Gasteiger partial charge on any atom is 0.257 e. The van der Waals surface area contributed by atoms with Crippen molar-refractivity contribution in [1.82, 2.24) is 0 Å². The van der Waals surface area contributed by atoms with Gasteiger partial charge >= 0.3 is 0 Å². The Balaban J connectivity index is 1.78. The minimum atomic E-state index is -0.407. The SMILES string of the molecule is O=C(Nc1ccc(Cl)cc1)c1cc(Br)c2ccccc2c1C(=O)Nc1ccc(Cl)cc1. The fourth-order valence-electron chi connectivity index (χ4n) is 3.21. The number of fused-ring (bicyclic) bond motifs is 1. The number of carbonyl (C=O) groups is 2. The van der Waals surface area contributed by atoms with Crippen LogP contribution in [0.2, 0.25) is 10.0 Å². The lowest BCUT2D eigenvalue weighted by Crippen LogP contribution is -2.21. The highest BCUT2D eigenvalue weighted by Gasteiger charge is 2.22. The number of carbonyl (C=O) groups excluding carboxylic acids is 2. The molecule has 4 aromatic carbocycles. The normalized spacial score (nSPS) is 10.7. The summed E-state index contributed by atoms with van der Waals surface area (Å²) < 4.78 is 0.715. The largest absolute Gasteiger partial charge is 0.322 e. The van der Waals surface area contributed by atoms with Crippen LogP contribution in [0.25, 0.3) is 10.8 Å². The van der Waals surface area contributed by atoms with Crippen LogP contribution in [0.4, 0.5) is 11.4 Å². The van der Waals surface area contributed by atoms with Gasteiger partial charge in [-0.25, -0.2) is 0 Å². The molecule has 4 aromatic rings. The van der Waals surface area contributed by atoms with Gasteiger partial charge in [0.2, 0.25) is 0 Å². The van der Waals surface area contributed by atoms with E-state index in [2.05, 4.69) is 26.6 Å². The van der Waals surface area contributed by atoms with E-state index in [0.717, 1.165) is 5.39 Å². The van der Waals surface area contributed by atoms with Crippen LogP contribution in [-0.2, 0) is 0 Å². The van der Waals surface area contributed by atoms with Crippen molar-refractivity contribution < 1.29 is 9.59 Å². The summed E-state index contributed by atoms with van der Waals surface area (Å²) in [4.78, 5) is 26.4. The molecule has 0 atom stereocenters. The summed E-state index contributed by atoms with van der Waals surface area (Å²) in [6.07, 6.45) is 0. The van der Waals surface area contributed by atoms with Gasteiger partial charge < -0.3 is 10.6 Å². The topological polar surface area (TPSA) is 58.2 Å². The van der Waals surface area contributed by atoms with Crippen molar-refractivity contribution in [2.45, 2.75) is 0 Å². The molecule has 0 radical (unpaired) electrons. The van der Waals surface area contributed by atoms with Crippen LogP contribution in [0, 0.1) is 0 Å². The minimum absolute atomic E-state index is 0.243. The van der Waals surface area contributed by atoms with Gasteiger partial charge in [0.15, 0.2) is 0 Å². The molecule has 31 heavy (non-hydrogen) atoms. The Bertz CT molecular complexity index is 1290. The van der Waals surface area contributed by atoms with E-state index in [1.807, 2.05) is 24.3 Å². The molecule has 0 aromatic heterocycles. The monoisotopic (exact) mass is 512 g/mol. The molecule has 0 spiro atoms. The number of anilines is 2. The van der Waals surface area contributed by atoms with Gasteiger partial charge in [-0.1, -0.05) is 63.4 Å². The number of benzene rings is 4. The Hall–Kier alpha value is -2.86. The Morgan fingerprint density at radius 1 is 0.677 bits per heavy atom. The van der Waals surface area contributed by atoms with E-state index in [-0.39, 0.29) is 11.1 Å². The summed E-state index contributed by atoms with van der Waals surface area (Å²) >= 11 is 15.4. The fraction of sp³-hybridized carbons (Fsp3) is 0. The second-order valence-electron chi connectivity index (χ2n) is 6.75. The van der Waals surface area contributed by atoms with Crippen LogP contribution in [0.1, 0.15) is 20.7 Å². The summed E-state index contributed by atoms with van der Waals surface area (Å²) in [7, 11) is 0. The third-order valence-corrected chi connectivity index (χ3v) is 5.83. The number of rotatable bonds is 4. The predicted molar refractivity (Wildman–Crippen MR) is 130 cm³/mol. The molecule has 0 saturated carbocycles. The van der Waals surface area contributed by atoms with Crippen LogP contribution < -0.4 is 10.6 Å². The summed E-state index contributed by atoms with van der Waals surface area (Å²) in [6.45, 7) is 0. The van der Waals surface area contributed by atoms with Gasteiger partial charge in [-0.2, -0.15) is 0 Å². The molecule has 2 amide bonds. The summed E-state index contributed by atoms with van der Waals surface area (Å²) in [5.74, 6) is -0.803. The van der Waals surface area contributed by atoms with E-state index < -0.39 is 11.8 Å². The van der Waals surface area contributed by atoms with Gasteiger partial charge in [0.05, 0.1) is 11.1 Å². The third-order valence-electron chi connectivity index (χ3n) is 4.67. The zero-order valence-electron chi connectivity index (χ0n) is 16.0. The van der Waals surface area contributed by atoms with E-state index in [1.165, 1.54) is 0 Å². The molecule has 0 aliphatic rings. The van der Waals surface area contributed by atoms with Crippen LogP contribution >= 0.6 is 39.1 Å². The number of amides is 2. The summed E-state index contributed by atoms with van der Waals surface area (Å²) in [6, 6.07) is 22.6. The molecule has 0 bridgehead atoms. The quantitative estimate of drug-likeness (QED) is 0.298. The first-order chi connectivity index (χ1) is 14.9. The first-order valence-corrected chi connectivity index (χ1v) is 10.8. The molecule has 2 N–H and O–H groups in total. The molecule has 154 valence electrons. The minimum Gasteiger partial charge on any atom is -0.322 e. The molecule has 0 saturated heterocycles. The van der Waals surface area contributed by atoms with Crippen LogP contribution in [0.15, 0.2) is 83.3 Å². The van der Waals surface area contributed by atoms with Gasteiger partial charge in [-0.3, -0.25) is 9.59 Å². The van der Waals surface area contributed by atoms with Crippen molar-refractivity contribution in [1.29, 1.82) is 0 Å². The number of hydrogen-bond acceptors (Lipinski definition) is 2. The highest BCUT2D eigenvalue weighted by molar-refractivity contribution is 9.10. The van der Waals surface area contributed by atoms with Gasteiger partial charge in [0, 0.05) is 25.9 Å². The van der Waals surface area contributed by atoms with Gasteiger partial charge in [0.1, 0.15) is 0 Å². The molecular formula is C24H15BrCl2N2O2. The number of nitrogens with one attached hydrogen (secondary N) is 2. The second-order valence-corrected chi connectivity index (χ2v) is 8.48. The summed E-state index contributed by atoms with van der Waals surface area (Å²) in [5.41, 5.74) is 1.67. The Morgan fingerprint density at radius 3 is 1.71 bits per heavy atom. The Labute approximate surface area is 197 Å². The smallest absolute Gasteiger partial charge is 0.257 e. The lowest BCUT2D eigenvalue weighted by atomic mass is 9.97. The van der Waals surface area contributed by atoms with Crippen molar-refractivity contribution in [2.24, 2.45) is 0 Å². The second kappa shape index (κ2) is 9.10. The van der Waals surface area contributed by atoms with E-state index in [1.54, 1.807) is 54.6 Å². The van der Waals surface area contributed by atoms with Gasteiger partial charge in [-0.15, -0.1) is 0 Å². The first kappa shape index (κ1) is 21.4. The molecule has 7 heteroatoms. The van der Waals surface area contributed by atoms with E-state index in [4.69, 9.17) is 23.2 Å². The first-order valence-electron chi connectivity index (χ1n) is 9.27. The molecule has 0 fully saturated rings. The Kier molecular flexibility index (Phi) is 6.28. The fourth-order valence-corrected chi connectivity index (χ4v) is 4.04. The average molecular weight is 514 g/mol. The molecule has 0 heterocycles. The van der Waals surface area contributed by atoms with Crippen molar-refractivity contribution in [3.63, 3.8) is 0 Å². The Morgan fingerprint density at radius 2 is 1.16 bits per heavy atom. The molecule has 0 aliphatic heterocycles. The van der Waals surface area contributed by atoms with E-state index in [9.17, 15) is 9.59 Å². The summed E-state index contributed by atoms with van der Waals surface area (Å²) in [5, 5.41) is 8.29. The molecule has 0 unspecified atom stereocenters. The highest BCUT2D eigenvalue weighted by atomic mass is 79.9. The molecule has 4 rings (SSSR count). The molecule has 0 aliphatic carbocycles. The van der Waals surface area contributed by atoms with Crippen molar-refractivity contribution in [3.05, 3.63) is 105 Å². The van der Waals surface area contributed by atoms with Gasteiger partial charge in [0.25, 0.3) is 11.8 Å². The van der Waals surface area contributed by atoms with E-state index >= 15 is 0 Å². The standard InChI is InChI=1S/C24H15BrCl2N2O2/c25-21-13-20(23(30)28-16-9-5-14(26)6-10-16)22(19-4-2-1-3-18(19)21)24(31)29-17-11-7-15(27)8-12-17/h1-13H,(H,28,30)(H,29,31). The molecular weight excluding hydrogens is 499 g/mol. The van der Waals surface area contributed by atoms with Crippen molar-refractivity contribution in [3.8, 4) is 0 Å². The average Bonchev–Trinajstić information content (AvgIpc) is 2.76. The molecule has 4 nitrogen and oxygen atoms in total.